The number of esters is 1. The molecule has 0 aliphatic carbocycles. The number of amides is 1. The van der Waals surface area contributed by atoms with Crippen LogP contribution in [0.5, 0.6) is 0 Å². The van der Waals surface area contributed by atoms with Gasteiger partial charge < -0.3 is 14.6 Å². The number of rotatable bonds is 5. The summed E-state index contributed by atoms with van der Waals surface area (Å²) in [4.78, 5) is 43.6. The molecule has 160 valence electrons. The van der Waals surface area contributed by atoms with Crippen molar-refractivity contribution in [3.63, 3.8) is 0 Å². The molecule has 0 unspecified atom stereocenters. The first-order valence-electron chi connectivity index (χ1n) is 10.3. The Morgan fingerprint density at radius 3 is 2.30 bits per heavy atom. The lowest BCUT2D eigenvalue weighted by Gasteiger charge is -2.38. The lowest BCUT2D eigenvalue weighted by molar-refractivity contribution is -0.132. The first-order chi connectivity index (χ1) is 14.3. The molecule has 1 saturated heterocycles. The molecule has 6 nitrogen and oxygen atoms in total. The minimum Gasteiger partial charge on any atom is -0.462 e. The average Bonchev–Trinajstić information content (AvgIpc) is 3.05. The summed E-state index contributed by atoms with van der Waals surface area (Å²) in [5.74, 6) is -2.36. The fourth-order valence-electron chi connectivity index (χ4n) is 4.20. The highest BCUT2D eigenvalue weighted by atomic mass is 19.1. The van der Waals surface area contributed by atoms with Crippen molar-refractivity contribution in [2.24, 2.45) is 0 Å². The number of Topliss-reactive ketones (excluding diaryl/α,β-unsaturated/α-hetero) is 1. The van der Waals surface area contributed by atoms with Crippen molar-refractivity contribution in [1.29, 1.82) is 0 Å². The predicted molar refractivity (Wildman–Crippen MR) is 111 cm³/mol. The molecule has 1 fully saturated rings. The third-order valence-corrected chi connectivity index (χ3v) is 5.65. The summed E-state index contributed by atoms with van der Waals surface area (Å²) in [6.45, 7) is 7.37. The summed E-state index contributed by atoms with van der Waals surface area (Å²) >= 11 is 0. The lowest BCUT2D eigenvalue weighted by Crippen LogP contribution is -2.50. The van der Waals surface area contributed by atoms with Gasteiger partial charge in [-0.2, -0.15) is 0 Å². The monoisotopic (exact) mass is 414 g/mol. The molecule has 1 aromatic heterocycles. The van der Waals surface area contributed by atoms with Gasteiger partial charge in [-0.3, -0.25) is 9.59 Å². The number of aryl methyl sites for hydroxylation is 1. The number of H-pyrrole nitrogens is 1. The van der Waals surface area contributed by atoms with E-state index >= 15 is 0 Å². The largest absolute Gasteiger partial charge is 0.462 e. The van der Waals surface area contributed by atoms with Crippen molar-refractivity contribution in [1.82, 2.24) is 9.88 Å². The van der Waals surface area contributed by atoms with Gasteiger partial charge in [0.15, 0.2) is 0 Å². The summed E-state index contributed by atoms with van der Waals surface area (Å²) in [7, 11) is 0. The fraction of sp³-hybridized carbons (Fsp3) is 0.435. The highest BCUT2D eigenvalue weighted by Crippen LogP contribution is 2.33. The van der Waals surface area contributed by atoms with Crippen LogP contribution in [0.2, 0.25) is 0 Å². The molecular formula is C23H27FN2O4. The van der Waals surface area contributed by atoms with Gasteiger partial charge in [0.2, 0.25) is 0 Å². The normalized spacial score (nSPS) is 18.9. The third kappa shape index (κ3) is 4.01. The first kappa shape index (κ1) is 21.7. The van der Waals surface area contributed by atoms with Gasteiger partial charge in [0.1, 0.15) is 11.5 Å². The number of aromatic amines is 1. The van der Waals surface area contributed by atoms with Gasteiger partial charge in [-0.25, -0.2) is 9.18 Å². The number of hydrogen-bond acceptors (Lipinski definition) is 4. The maximum Gasteiger partial charge on any atom is 0.340 e. The third-order valence-electron chi connectivity index (χ3n) is 5.65. The Kier molecular flexibility index (Phi) is 6.39. The second-order valence-corrected chi connectivity index (χ2v) is 7.77. The SMILES string of the molecule is CCOC(=O)c1c(C)[nH]c(C(=O)C(=O)N2[C@H](C)CCC[C@@H]2C)c1-c1ccc(F)cc1. The summed E-state index contributed by atoms with van der Waals surface area (Å²) < 4.78 is 18.6. The smallest absolute Gasteiger partial charge is 0.340 e. The number of benzene rings is 1. The van der Waals surface area contributed by atoms with Crippen LogP contribution < -0.4 is 0 Å². The Hall–Kier alpha value is -2.96. The van der Waals surface area contributed by atoms with Gasteiger partial charge in [-0.15, -0.1) is 0 Å². The van der Waals surface area contributed by atoms with Crippen LogP contribution in [-0.2, 0) is 9.53 Å². The lowest BCUT2D eigenvalue weighted by atomic mass is 9.95. The summed E-state index contributed by atoms with van der Waals surface area (Å²) in [6.07, 6.45) is 2.69. The molecule has 1 aliphatic heterocycles. The molecule has 0 bridgehead atoms. The Morgan fingerprint density at radius 2 is 1.73 bits per heavy atom. The summed E-state index contributed by atoms with van der Waals surface area (Å²) in [5.41, 5.74) is 1.35. The molecular weight excluding hydrogens is 387 g/mol. The zero-order valence-corrected chi connectivity index (χ0v) is 17.8. The number of hydrogen-bond donors (Lipinski definition) is 1. The molecule has 0 radical (unpaired) electrons. The number of piperidine rings is 1. The molecule has 1 N–H and O–H groups in total. The van der Waals surface area contributed by atoms with Crippen LogP contribution in [0.15, 0.2) is 24.3 Å². The molecule has 1 aliphatic rings. The van der Waals surface area contributed by atoms with Crippen LogP contribution in [0.4, 0.5) is 4.39 Å². The van der Waals surface area contributed by atoms with Crippen LogP contribution in [0.1, 0.15) is 66.6 Å². The number of nitrogens with zero attached hydrogens (tertiary/aromatic N) is 1. The number of halogens is 1. The number of ether oxygens (including phenoxy) is 1. The van der Waals surface area contributed by atoms with Gasteiger partial charge in [0, 0.05) is 23.3 Å². The van der Waals surface area contributed by atoms with E-state index in [1.54, 1.807) is 18.7 Å². The van der Waals surface area contributed by atoms with Crippen molar-refractivity contribution in [2.75, 3.05) is 6.61 Å². The number of carbonyl (C=O) groups excluding carboxylic acids is 3. The number of ketones is 1. The van der Waals surface area contributed by atoms with Crippen LogP contribution >= 0.6 is 0 Å². The van der Waals surface area contributed by atoms with Gasteiger partial charge >= 0.3 is 5.97 Å². The van der Waals surface area contributed by atoms with E-state index in [9.17, 15) is 18.8 Å². The van der Waals surface area contributed by atoms with E-state index in [1.807, 2.05) is 13.8 Å². The van der Waals surface area contributed by atoms with E-state index in [2.05, 4.69) is 4.98 Å². The van der Waals surface area contributed by atoms with Crippen molar-refractivity contribution in [3.8, 4) is 11.1 Å². The second-order valence-electron chi connectivity index (χ2n) is 7.77. The van der Waals surface area contributed by atoms with Gasteiger partial charge in [-0.1, -0.05) is 12.1 Å². The fourth-order valence-corrected chi connectivity index (χ4v) is 4.20. The highest BCUT2D eigenvalue weighted by molar-refractivity contribution is 6.44. The minimum atomic E-state index is -0.714. The maximum absolute atomic E-state index is 13.5. The van der Waals surface area contributed by atoms with Gasteiger partial charge in [-0.05, 0) is 64.7 Å². The molecule has 0 saturated carbocycles. The van der Waals surface area contributed by atoms with Crippen LogP contribution in [0, 0.1) is 12.7 Å². The quantitative estimate of drug-likeness (QED) is 0.450. The Balaban J connectivity index is 2.10. The van der Waals surface area contributed by atoms with Crippen molar-refractivity contribution < 1.29 is 23.5 Å². The Morgan fingerprint density at radius 1 is 1.13 bits per heavy atom. The van der Waals surface area contributed by atoms with Crippen molar-refractivity contribution in [3.05, 3.63) is 47.0 Å². The Labute approximate surface area is 175 Å². The van der Waals surface area contributed by atoms with Crippen LogP contribution in [-0.4, -0.2) is 46.2 Å². The summed E-state index contributed by atoms with van der Waals surface area (Å²) in [5, 5.41) is 0. The molecule has 2 aromatic rings. The van der Waals surface area contributed by atoms with E-state index in [1.165, 1.54) is 24.3 Å². The van der Waals surface area contributed by atoms with E-state index in [0.717, 1.165) is 19.3 Å². The summed E-state index contributed by atoms with van der Waals surface area (Å²) in [6, 6.07) is 5.37. The number of nitrogens with one attached hydrogen (secondary N) is 1. The van der Waals surface area contributed by atoms with E-state index < -0.39 is 23.5 Å². The van der Waals surface area contributed by atoms with Crippen molar-refractivity contribution >= 4 is 17.7 Å². The van der Waals surface area contributed by atoms with Gasteiger partial charge in [0.05, 0.1) is 12.2 Å². The molecule has 2 atom stereocenters. The molecule has 30 heavy (non-hydrogen) atoms. The van der Waals surface area contributed by atoms with E-state index in [4.69, 9.17) is 4.74 Å². The molecule has 3 rings (SSSR count). The standard InChI is InChI=1S/C23H27FN2O4/c1-5-30-23(29)18-15(4)25-20(19(18)16-9-11-17(24)12-10-16)21(27)22(28)26-13(2)7-6-8-14(26)3/h9-14,25H,5-8H2,1-4H3/t13-,14+. The van der Waals surface area contributed by atoms with E-state index in [-0.39, 0.29) is 35.5 Å². The zero-order valence-electron chi connectivity index (χ0n) is 17.8. The molecule has 1 aromatic carbocycles. The maximum atomic E-state index is 13.5. The number of carbonyl (C=O) groups is 3. The van der Waals surface area contributed by atoms with E-state index in [0.29, 0.717) is 11.3 Å². The predicted octanol–water partition coefficient (Wildman–Crippen LogP) is 4.28. The van der Waals surface area contributed by atoms with Crippen LogP contribution in [0.25, 0.3) is 11.1 Å². The molecule has 7 heteroatoms. The average molecular weight is 414 g/mol. The molecule has 1 amide bonds. The first-order valence-corrected chi connectivity index (χ1v) is 10.3. The number of likely N-dealkylation sites (tertiary alicyclic amines) is 1. The minimum absolute atomic E-state index is 0.0251. The Bertz CT molecular complexity index is 954. The van der Waals surface area contributed by atoms with Crippen molar-refractivity contribution in [2.45, 2.75) is 59.0 Å². The topological polar surface area (TPSA) is 79.5 Å². The van der Waals surface area contributed by atoms with Crippen LogP contribution in [0.3, 0.4) is 0 Å². The number of aromatic nitrogens is 1. The molecule has 0 spiro atoms. The second kappa shape index (κ2) is 8.81. The van der Waals surface area contributed by atoms with Gasteiger partial charge in [0.25, 0.3) is 11.7 Å². The highest BCUT2D eigenvalue weighted by Gasteiger charge is 2.36. The molecule has 2 heterocycles. The zero-order chi connectivity index (χ0) is 22.0.